The summed E-state index contributed by atoms with van der Waals surface area (Å²) in [6, 6.07) is 15.9. The van der Waals surface area contributed by atoms with E-state index in [1.807, 2.05) is 54.4 Å². The van der Waals surface area contributed by atoms with Crippen molar-refractivity contribution in [3.05, 3.63) is 66.1 Å². The minimum Gasteiger partial charge on any atom is -0.384 e. The van der Waals surface area contributed by atoms with Crippen molar-refractivity contribution in [2.75, 3.05) is 25.9 Å². The van der Waals surface area contributed by atoms with E-state index >= 15 is 0 Å². The molecule has 0 aliphatic carbocycles. The summed E-state index contributed by atoms with van der Waals surface area (Å²) in [6.07, 6.45) is 2.62. The van der Waals surface area contributed by atoms with Crippen LogP contribution in [0.25, 0.3) is 10.8 Å². The number of benzene rings is 2. The standard InChI is InChI=1S/C21H23N5O/c1-25(14-20-23-11-9-19(22)24-20)16-10-12-26(13-16)21(27)18-8-4-6-15-5-2-3-7-17(15)18/h2-9,11,16H,10,12-14H2,1H3,(H2,22,23,24). The predicted molar refractivity (Wildman–Crippen MR) is 106 cm³/mol. The molecule has 1 fully saturated rings. The van der Waals surface area contributed by atoms with E-state index in [1.54, 1.807) is 12.3 Å². The van der Waals surface area contributed by atoms with Gasteiger partial charge in [0.25, 0.3) is 5.91 Å². The lowest BCUT2D eigenvalue weighted by Gasteiger charge is -2.24. The van der Waals surface area contributed by atoms with Gasteiger partial charge in [-0.3, -0.25) is 9.69 Å². The molecule has 2 N–H and O–H groups in total. The monoisotopic (exact) mass is 361 g/mol. The molecule has 1 aromatic heterocycles. The van der Waals surface area contributed by atoms with Gasteiger partial charge in [-0.25, -0.2) is 9.97 Å². The summed E-state index contributed by atoms with van der Waals surface area (Å²) in [4.78, 5) is 25.8. The van der Waals surface area contributed by atoms with Gasteiger partial charge in [0.05, 0.1) is 6.54 Å². The molecule has 0 saturated carbocycles. The first kappa shape index (κ1) is 17.4. The van der Waals surface area contributed by atoms with E-state index in [0.717, 1.165) is 29.3 Å². The fourth-order valence-electron chi connectivity index (χ4n) is 3.71. The van der Waals surface area contributed by atoms with Crippen LogP contribution in [-0.4, -0.2) is 51.9 Å². The number of nitrogens with zero attached hydrogens (tertiary/aromatic N) is 4. The zero-order valence-corrected chi connectivity index (χ0v) is 15.4. The first-order valence-electron chi connectivity index (χ1n) is 9.16. The highest BCUT2D eigenvalue weighted by Crippen LogP contribution is 2.23. The summed E-state index contributed by atoms with van der Waals surface area (Å²) in [5.74, 6) is 1.28. The molecule has 1 unspecified atom stereocenters. The molecule has 2 heterocycles. The highest BCUT2D eigenvalue weighted by Gasteiger charge is 2.30. The lowest BCUT2D eigenvalue weighted by molar-refractivity contribution is 0.0781. The molecular formula is C21H23N5O. The Bertz CT molecular complexity index is 968. The average Bonchev–Trinajstić information content (AvgIpc) is 3.17. The van der Waals surface area contributed by atoms with Crippen LogP contribution in [0.1, 0.15) is 22.6 Å². The van der Waals surface area contributed by atoms with E-state index in [2.05, 4.69) is 14.9 Å². The van der Waals surface area contributed by atoms with Gasteiger partial charge < -0.3 is 10.6 Å². The van der Waals surface area contributed by atoms with Crippen molar-refractivity contribution in [3.8, 4) is 0 Å². The molecule has 6 heteroatoms. The van der Waals surface area contributed by atoms with Crippen LogP contribution in [0.2, 0.25) is 0 Å². The van der Waals surface area contributed by atoms with Gasteiger partial charge in [0.2, 0.25) is 0 Å². The first-order chi connectivity index (χ1) is 13.1. The molecule has 2 aromatic carbocycles. The summed E-state index contributed by atoms with van der Waals surface area (Å²) < 4.78 is 0. The Balaban J connectivity index is 1.46. The molecule has 6 nitrogen and oxygen atoms in total. The Kier molecular flexibility index (Phi) is 4.73. The molecule has 1 saturated heterocycles. The molecule has 0 radical (unpaired) electrons. The summed E-state index contributed by atoms with van der Waals surface area (Å²) in [6.45, 7) is 2.09. The second kappa shape index (κ2) is 7.32. The first-order valence-corrected chi connectivity index (χ1v) is 9.16. The second-order valence-electron chi connectivity index (χ2n) is 7.03. The fourth-order valence-corrected chi connectivity index (χ4v) is 3.71. The largest absolute Gasteiger partial charge is 0.384 e. The fraction of sp³-hybridized carbons (Fsp3) is 0.286. The highest BCUT2D eigenvalue weighted by atomic mass is 16.2. The van der Waals surface area contributed by atoms with Crippen molar-refractivity contribution >= 4 is 22.5 Å². The Morgan fingerprint density at radius 1 is 1.22 bits per heavy atom. The maximum atomic E-state index is 13.1. The molecule has 1 amide bonds. The molecule has 27 heavy (non-hydrogen) atoms. The van der Waals surface area contributed by atoms with Gasteiger partial charge in [0, 0.05) is 30.9 Å². The Labute approximate surface area is 158 Å². The number of hydrogen-bond donors (Lipinski definition) is 1. The normalized spacial score (nSPS) is 17.0. The zero-order chi connectivity index (χ0) is 18.8. The third-order valence-electron chi connectivity index (χ3n) is 5.21. The number of likely N-dealkylation sites (N-methyl/N-ethyl adjacent to an activating group) is 1. The Morgan fingerprint density at radius 2 is 2.04 bits per heavy atom. The third kappa shape index (κ3) is 3.61. The summed E-state index contributed by atoms with van der Waals surface area (Å²) in [5, 5.41) is 2.10. The van der Waals surface area contributed by atoms with E-state index in [0.29, 0.717) is 24.7 Å². The predicted octanol–water partition coefficient (Wildman–Crippen LogP) is 2.56. The Morgan fingerprint density at radius 3 is 2.89 bits per heavy atom. The zero-order valence-electron chi connectivity index (χ0n) is 15.4. The third-order valence-corrected chi connectivity index (χ3v) is 5.21. The van der Waals surface area contributed by atoms with Gasteiger partial charge in [-0.1, -0.05) is 36.4 Å². The second-order valence-corrected chi connectivity index (χ2v) is 7.03. The van der Waals surface area contributed by atoms with Crippen molar-refractivity contribution in [2.24, 2.45) is 0 Å². The number of aromatic nitrogens is 2. The number of hydrogen-bond acceptors (Lipinski definition) is 5. The number of anilines is 1. The van der Waals surface area contributed by atoms with Crippen molar-refractivity contribution in [1.82, 2.24) is 19.8 Å². The van der Waals surface area contributed by atoms with E-state index < -0.39 is 0 Å². The van der Waals surface area contributed by atoms with Crippen molar-refractivity contribution in [1.29, 1.82) is 0 Å². The van der Waals surface area contributed by atoms with Gasteiger partial charge in [-0.2, -0.15) is 0 Å². The van der Waals surface area contributed by atoms with E-state index in [9.17, 15) is 4.79 Å². The van der Waals surface area contributed by atoms with Crippen molar-refractivity contribution < 1.29 is 4.79 Å². The van der Waals surface area contributed by atoms with Crippen LogP contribution in [0, 0.1) is 0 Å². The van der Waals surface area contributed by atoms with Gasteiger partial charge in [-0.05, 0) is 36.4 Å². The maximum absolute atomic E-state index is 13.1. The number of nitrogen functional groups attached to an aromatic ring is 1. The van der Waals surface area contributed by atoms with Crippen LogP contribution in [-0.2, 0) is 6.54 Å². The van der Waals surface area contributed by atoms with Gasteiger partial charge in [-0.15, -0.1) is 0 Å². The minimum atomic E-state index is 0.0999. The molecule has 1 atom stereocenters. The summed E-state index contributed by atoms with van der Waals surface area (Å²) in [7, 11) is 2.04. The molecule has 138 valence electrons. The lowest BCUT2D eigenvalue weighted by atomic mass is 10.0. The lowest BCUT2D eigenvalue weighted by Crippen LogP contribution is -2.36. The van der Waals surface area contributed by atoms with Crippen LogP contribution < -0.4 is 5.73 Å². The van der Waals surface area contributed by atoms with Gasteiger partial charge in [0.1, 0.15) is 11.6 Å². The number of likely N-dealkylation sites (tertiary alicyclic amines) is 1. The summed E-state index contributed by atoms with van der Waals surface area (Å²) in [5.41, 5.74) is 6.51. The van der Waals surface area contributed by atoms with Crippen LogP contribution in [0.5, 0.6) is 0 Å². The molecule has 3 aromatic rings. The molecule has 0 bridgehead atoms. The molecule has 0 spiro atoms. The number of fused-ring (bicyclic) bond motifs is 1. The van der Waals surface area contributed by atoms with Gasteiger partial charge in [0.15, 0.2) is 0 Å². The summed E-state index contributed by atoms with van der Waals surface area (Å²) >= 11 is 0. The molecular weight excluding hydrogens is 338 g/mol. The SMILES string of the molecule is CN(Cc1nccc(N)n1)C1CCN(C(=O)c2cccc3ccccc23)C1. The van der Waals surface area contributed by atoms with Crippen LogP contribution in [0.4, 0.5) is 5.82 Å². The van der Waals surface area contributed by atoms with Crippen LogP contribution in [0.15, 0.2) is 54.7 Å². The highest BCUT2D eigenvalue weighted by molar-refractivity contribution is 6.07. The number of nitrogens with two attached hydrogens (primary N) is 1. The van der Waals surface area contributed by atoms with E-state index in [-0.39, 0.29) is 11.9 Å². The van der Waals surface area contributed by atoms with E-state index in [1.165, 1.54) is 0 Å². The van der Waals surface area contributed by atoms with E-state index in [4.69, 9.17) is 5.73 Å². The van der Waals surface area contributed by atoms with Crippen LogP contribution in [0.3, 0.4) is 0 Å². The number of amides is 1. The quantitative estimate of drug-likeness (QED) is 0.773. The average molecular weight is 361 g/mol. The van der Waals surface area contributed by atoms with Crippen molar-refractivity contribution in [3.63, 3.8) is 0 Å². The Hall–Kier alpha value is -2.99. The van der Waals surface area contributed by atoms with Crippen LogP contribution >= 0.6 is 0 Å². The van der Waals surface area contributed by atoms with Gasteiger partial charge >= 0.3 is 0 Å². The topological polar surface area (TPSA) is 75.4 Å². The van der Waals surface area contributed by atoms with Crippen molar-refractivity contribution in [2.45, 2.75) is 19.0 Å². The maximum Gasteiger partial charge on any atom is 0.254 e. The number of rotatable bonds is 4. The molecule has 1 aliphatic rings. The number of carbonyl (C=O) groups excluding carboxylic acids is 1. The molecule has 1 aliphatic heterocycles. The smallest absolute Gasteiger partial charge is 0.254 e. The molecule has 4 rings (SSSR count). The minimum absolute atomic E-state index is 0.0999. The number of carbonyl (C=O) groups is 1.